The Morgan fingerprint density at radius 1 is 1.00 bits per heavy atom. The minimum absolute atomic E-state index is 0.00816. The molecule has 9 heteroatoms. The molecular formula is C22H19FN6O2. The molecule has 0 N–H and O–H groups in total. The maximum atomic E-state index is 13.4. The third-order valence-electron chi connectivity index (χ3n) is 6.15. The fourth-order valence-electron chi connectivity index (χ4n) is 4.68. The molecule has 0 aliphatic carbocycles. The largest absolute Gasteiger partial charge is 0.423 e. The van der Waals surface area contributed by atoms with Crippen molar-refractivity contribution in [2.75, 3.05) is 31.1 Å². The van der Waals surface area contributed by atoms with E-state index in [0.717, 1.165) is 13.1 Å². The summed E-state index contributed by atoms with van der Waals surface area (Å²) < 4.78 is 19.3. The Morgan fingerprint density at radius 2 is 1.74 bits per heavy atom. The molecule has 0 saturated carbocycles. The smallest absolute Gasteiger partial charge is 0.298 e. The van der Waals surface area contributed by atoms with Crippen LogP contribution in [-0.4, -0.2) is 57.0 Å². The number of hydrogen-bond donors (Lipinski definition) is 0. The average molecular weight is 418 g/mol. The monoisotopic (exact) mass is 418 g/mol. The summed E-state index contributed by atoms with van der Waals surface area (Å²) in [6, 6.07) is 12.3. The highest BCUT2D eigenvalue weighted by molar-refractivity contribution is 5.98. The minimum Gasteiger partial charge on any atom is -0.423 e. The van der Waals surface area contributed by atoms with E-state index in [0.29, 0.717) is 53.3 Å². The molecule has 156 valence electrons. The van der Waals surface area contributed by atoms with Gasteiger partial charge in [0, 0.05) is 44.1 Å². The molecule has 4 heterocycles. The van der Waals surface area contributed by atoms with Crippen LogP contribution in [0.25, 0.3) is 16.8 Å². The Labute approximate surface area is 176 Å². The number of amides is 1. The van der Waals surface area contributed by atoms with Crippen molar-refractivity contribution >= 4 is 23.0 Å². The number of likely N-dealkylation sites (tertiary alicyclic amines) is 1. The number of carbonyl (C=O) groups excluding carboxylic acids is 1. The summed E-state index contributed by atoms with van der Waals surface area (Å²) in [5, 5.41) is 8.34. The van der Waals surface area contributed by atoms with E-state index in [-0.39, 0.29) is 11.7 Å². The Bertz CT molecular complexity index is 1260. The molecule has 2 saturated heterocycles. The van der Waals surface area contributed by atoms with Crippen molar-refractivity contribution in [3.8, 4) is 5.69 Å². The van der Waals surface area contributed by atoms with Crippen LogP contribution in [0, 0.1) is 17.7 Å². The summed E-state index contributed by atoms with van der Waals surface area (Å²) in [4.78, 5) is 23.2. The maximum absolute atomic E-state index is 13.4. The van der Waals surface area contributed by atoms with Crippen molar-refractivity contribution in [2.24, 2.45) is 11.8 Å². The van der Waals surface area contributed by atoms with Gasteiger partial charge in [-0.05, 0) is 24.3 Å². The predicted octanol–water partition coefficient (Wildman–Crippen LogP) is 2.76. The highest BCUT2D eigenvalue weighted by Gasteiger charge is 2.43. The van der Waals surface area contributed by atoms with Gasteiger partial charge in [0.05, 0.1) is 23.6 Å². The van der Waals surface area contributed by atoms with E-state index in [1.54, 1.807) is 18.5 Å². The topological polar surface area (TPSA) is 80.3 Å². The zero-order valence-electron chi connectivity index (χ0n) is 16.6. The summed E-state index contributed by atoms with van der Waals surface area (Å²) >= 11 is 0. The van der Waals surface area contributed by atoms with E-state index in [9.17, 15) is 9.18 Å². The molecule has 2 fully saturated rings. The molecule has 2 aromatic carbocycles. The highest BCUT2D eigenvalue weighted by atomic mass is 19.1. The van der Waals surface area contributed by atoms with Crippen molar-refractivity contribution < 1.29 is 13.6 Å². The van der Waals surface area contributed by atoms with Gasteiger partial charge in [-0.25, -0.2) is 4.39 Å². The van der Waals surface area contributed by atoms with Gasteiger partial charge in [-0.2, -0.15) is 20.0 Å². The molecule has 31 heavy (non-hydrogen) atoms. The van der Waals surface area contributed by atoms with Crippen LogP contribution in [0.4, 0.5) is 10.4 Å². The summed E-state index contributed by atoms with van der Waals surface area (Å²) in [5.41, 5.74) is 2.37. The van der Waals surface area contributed by atoms with Crippen LogP contribution in [0.3, 0.4) is 0 Å². The van der Waals surface area contributed by atoms with E-state index in [2.05, 4.69) is 20.1 Å². The molecule has 0 radical (unpaired) electrons. The van der Waals surface area contributed by atoms with E-state index < -0.39 is 0 Å². The first kappa shape index (κ1) is 18.1. The van der Waals surface area contributed by atoms with Crippen molar-refractivity contribution in [3.63, 3.8) is 0 Å². The Hall–Kier alpha value is -3.75. The van der Waals surface area contributed by atoms with Crippen molar-refractivity contribution in [3.05, 3.63) is 66.2 Å². The van der Waals surface area contributed by atoms with Crippen molar-refractivity contribution in [2.45, 2.75) is 0 Å². The van der Waals surface area contributed by atoms with Gasteiger partial charge < -0.3 is 14.2 Å². The second kappa shape index (κ2) is 6.90. The van der Waals surface area contributed by atoms with Crippen LogP contribution in [-0.2, 0) is 0 Å². The number of anilines is 1. The molecule has 2 atom stereocenters. The number of carbonyl (C=O) groups is 1. The first-order chi connectivity index (χ1) is 15.2. The van der Waals surface area contributed by atoms with Gasteiger partial charge in [0.2, 0.25) is 0 Å². The lowest BCUT2D eigenvalue weighted by atomic mass is 10.0. The van der Waals surface area contributed by atoms with Crippen LogP contribution < -0.4 is 4.90 Å². The Kier molecular flexibility index (Phi) is 4.02. The van der Waals surface area contributed by atoms with Gasteiger partial charge in [0.15, 0.2) is 5.58 Å². The fraction of sp³-hybridized carbons (Fsp3) is 0.273. The van der Waals surface area contributed by atoms with Crippen LogP contribution in [0.15, 0.2) is 59.3 Å². The third-order valence-corrected chi connectivity index (χ3v) is 6.15. The number of nitrogens with zero attached hydrogens (tertiary/aromatic N) is 6. The first-order valence-electron chi connectivity index (χ1n) is 10.2. The Balaban J connectivity index is 1.19. The summed E-state index contributed by atoms with van der Waals surface area (Å²) in [7, 11) is 0. The molecule has 6 rings (SSSR count). The van der Waals surface area contributed by atoms with Crippen molar-refractivity contribution in [1.29, 1.82) is 0 Å². The van der Waals surface area contributed by atoms with Crippen LogP contribution in [0.5, 0.6) is 0 Å². The number of halogens is 1. The quantitative estimate of drug-likeness (QED) is 0.509. The van der Waals surface area contributed by atoms with Gasteiger partial charge in [-0.3, -0.25) is 4.79 Å². The van der Waals surface area contributed by atoms with Gasteiger partial charge in [0.25, 0.3) is 11.9 Å². The second-order valence-corrected chi connectivity index (χ2v) is 8.08. The van der Waals surface area contributed by atoms with Crippen LogP contribution in [0.1, 0.15) is 10.4 Å². The van der Waals surface area contributed by atoms with Crippen LogP contribution >= 0.6 is 0 Å². The van der Waals surface area contributed by atoms with E-state index in [4.69, 9.17) is 4.42 Å². The molecule has 2 aromatic heterocycles. The zero-order valence-corrected chi connectivity index (χ0v) is 16.6. The molecule has 8 nitrogen and oxygen atoms in total. The highest BCUT2D eigenvalue weighted by Crippen LogP contribution is 2.35. The standard InChI is InChI=1S/C22H19FN6O2/c23-16-5-6-20-18(9-16)26-22(31-20)28-12-14-10-27(11-15(14)13-28)21(30)17-3-1-2-4-19(17)29-24-7-8-25-29/h1-9,14-15H,10-13H2. The van der Waals surface area contributed by atoms with Gasteiger partial charge >= 0.3 is 0 Å². The molecule has 0 bridgehead atoms. The zero-order chi connectivity index (χ0) is 20.9. The number of benzene rings is 2. The summed E-state index contributed by atoms with van der Waals surface area (Å²) in [6.45, 7) is 2.86. The maximum Gasteiger partial charge on any atom is 0.298 e. The number of hydrogen-bond acceptors (Lipinski definition) is 6. The second-order valence-electron chi connectivity index (χ2n) is 8.08. The number of para-hydroxylation sites is 1. The molecular weight excluding hydrogens is 399 g/mol. The number of rotatable bonds is 3. The predicted molar refractivity (Wildman–Crippen MR) is 110 cm³/mol. The minimum atomic E-state index is -0.328. The van der Waals surface area contributed by atoms with Gasteiger partial charge in [0.1, 0.15) is 11.3 Å². The fourth-order valence-corrected chi connectivity index (χ4v) is 4.68. The lowest BCUT2D eigenvalue weighted by Crippen LogP contribution is -2.34. The summed E-state index contributed by atoms with van der Waals surface area (Å²) in [5.74, 6) is 0.341. The molecule has 2 aliphatic heterocycles. The normalized spacial score (nSPS) is 20.5. The van der Waals surface area contributed by atoms with Gasteiger partial charge in [-0.15, -0.1) is 0 Å². The molecule has 4 aromatic rings. The first-order valence-corrected chi connectivity index (χ1v) is 10.2. The molecule has 2 unspecified atom stereocenters. The lowest BCUT2D eigenvalue weighted by molar-refractivity contribution is 0.0782. The number of oxazole rings is 1. The van der Waals surface area contributed by atoms with E-state index >= 15 is 0 Å². The number of aromatic nitrogens is 4. The molecule has 0 spiro atoms. The third kappa shape index (κ3) is 3.04. The van der Waals surface area contributed by atoms with Crippen molar-refractivity contribution in [1.82, 2.24) is 24.9 Å². The average Bonchev–Trinajstić information content (AvgIpc) is 3.55. The SMILES string of the molecule is O=C(c1ccccc1-n1nccn1)N1CC2CN(c3nc4cc(F)ccc4o3)CC2C1. The van der Waals surface area contributed by atoms with Gasteiger partial charge in [-0.1, -0.05) is 12.1 Å². The molecule has 1 amide bonds. The van der Waals surface area contributed by atoms with E-state index in [1.807, 2.05) is 29.2 Å². The van der Waals surface area contributed by atoms with Crippen LogP contribution in [0.2, 0.25) is 0 Å². The Morgan fingerprint density at radius 3 is 2.52 bits per heavy atom. The number of fused-ring (bicyclic) bond motifs is 2. The lowest BCUT2D eigenvalue weighted by Gasteiger charge is -2.21. The summed E-state index contributed by atoms with van der Waals surface area (Å²) in [6.07, 6.45) is 3.19. The molecule has 2 aliphatic rings. The van der Waals surface area contributed by atoms with E-state index in [1.165, 1.54) is 16.9 Å².